The number of fused-ring (bicyclic) bond motifs is 4. The zero-order valence-corrected chi connectivity index (χ0v) is 20.9. The minimum Gasteiger partial charge on any atom is -0.507 e. The van der Waals surface area contributed by atoms with Gasteiger partial charge in [0.1, 0.15) is 68.6 Å². The highest BCUT2D eigenvalue weighted by atomic mass is 16.5. The van der Waals surface area contributed by atoms with Crippen LogP contribution in [0, 0.1) is 12.8 Å². The van der Waals surface area contributed by atoms with Crippen LogP contribution in [0.5, 0.6) is 40.2 Å². The Hall–Kier alpha value is -5.12. The minimum atomic E-state index is -0.769. The zero-order valence-electron chi connectivity index (χ0n) is 20.9. The van der Waals surface area contributed by atoms with E-state index in [4.69, 9.17) is 9.15 Å². The van der Waals surface area contributed by atoms with E-state index in [2.05, 4.69) is 0 Å². The number of hydrogen-bond donors (Lipinski definition) is 6. The number of phenols is 5. The van der Waals surface area contributed by atoms with Crippen LogP contribution in [0.1, 0.15) is 30.0 Å². The van der Waals surface area contributed by atoms with E-state index in [1.807, 2.05) is 0 Å². The summed E-state index contributed by atoms with van der Waals surface area (Å²) in [6.07, 6.45) is -0.540. The molecule has 0 unspecified atom stereocenters. The van der Waals surface area contributed by atoms with Gasteiger partial charge in [0.25, 0.3) is 0 Å². The predicted octanol–water partition coefficient (Wildman–Crippen LogP) is 4.91. The van der Waals surface area contributed by atoms with Crippen LogP contribution >= 0.6 is 0 Å². The summed E-state index contributed by atoms with van der Waals surface area (Å²) >= 11 is 0. The Morgan fingerprint density at radius 2 is 1.28 bits per heavy atom. The van der Waals surface area contributed by atoms with Crippen LogP contribution in [0.15, 0.2) is 39.5 Å². The van der Waals surface area contributed by atoms with E-state index < -0.39 is 52.0 Å². The van der Waals surface area contributed by atoms with Crippen molar-refractivity contribution in [1.29, 1.82) is 0 Å². The fraction of sp³-hybridized carbons (Fsp3) is 0.172. The number of ether oxygens (including phenoxy) is 1. The maximum atomic E-state index is 13.4. The fourth-order valence-electron chi connectivity index (χ4n) is 5.41. The molecule has 0 fully saturated rings. The highest BCUT2D eigenvalue weighted by molar-refractivity contribution is 6.19. The number of aryl methyl sites for hydroxylation is 1. The largest absolute Gasteiger partial charge is 0.507 e. The van der Waals surface area contributed by atoms with Gasteiger partial charge in [-0.3, -0.25) is 9.59 Å². The molecule has 0 saturated heterocycles. The molecule has 0 spiro atoms. The number of Topliss-reactive ketones (excluding diaryl/α,β-unsaturated/α-hetero) is 1. The normalized spacial score (nSPS) is 17.1. The van der Waals surface area contributed by atoms with Gasteiger partial charge in [-0.15, -0.1) is 0 Å². The van der Waals surface area contributed by atoms with Crippen molar-refractivity contribution in [2.24, 2.45) is 5.92 Å². The SMILES string of the molecule is Cc1cc(O)c2c(O)c3c(O)cc(=O)c(-c4c(O)cc(O)c5c(O)c6c(cc45)O[C@@H](C)[C@@H](C)C6=O)c3cc2o1. The molecule has 198 valence electrons. The van der Waals surface area contributed by atoms with Gasteiger partial charge in [0.05, 0.1) is 16.7 Å². The molecule has 0 saturated carbocycles. The molecule has 5 aromatic rings. The first kappa shape index (κ1) is 24.2. The van der Waals surface area contributed by atoms with Gasteiger partial charge < -0.3 is 39.8 Å². The van der Waals surface area contributed by atoms with Crippen molar-refractivity contribution in [3.05, 3.63) is 51.9 Å². The van der Waals surface area contributed by atoms with Gasteiger partial charge in [-0.25, -0.2) is 0 Å². The Balaban J connectivity index is 1.82. The summed E-state index contributed by atoms with van der Waals surface area (Å²) in [7, 11) is 0. The van der Waals surface area contributed by atoms with E-state index in [-0.39, 0.29) is 60.7 Å². The average Bonchev–Trinajstić information content (AvgIpc) is 2.83. The molecule has 2 heterocycles. The second-order valence-corrected chi connectivity index (χ2v) is 9.82. The number of phenolic OH excluding ortho intramolecular Hbond substituents is 5. The molecule has 10 nitrogen and oxygen atoms in total. The number of rotatable bonds is 1. The third-order valence-electron chi connectivity index (χ3n) is 7.42. The fourth-order valence-corrected chi connectivity index (χ4v) is 5.41. The monoisotopic (exact) mass is 530 g/mol. The van der Waals surface area contributed by atoms with Crippen molar-refractivity contribution in [3.63, 3.8) is 0 Å². The van der Waals surface area contributed by atoms with Crippen molar-refractivity contribution in [3.8, 4) is 51.4 Å². The van der Waals surface area contributed by atoms with Crippen LogP contribution in [-0.2, 0) is 0 Å². The molecule has 0 bridgehead atoms. The van der Waals surface area contributed by atoms with E-state index in [1.54, 1.807) is 20.8 Å². The highest BCUT2D eigenvalue weighted by Crippen LogP contribution is 2.52. The van der Waals surface area contributed by atoms with E-state index in [9.17, 15) is 40.2 Å². The zero-order chi connectivity index (χ0) is 28.1. The van der Waals surface area contributed by atoms with Gasteiger partial charge in [0.15, 0.2) is 11.2 Å². The van der Waals surface area contributed by atoms with Crippen LogP contribution in [0.2, 0.25) is 0 Å². The lowest BCUT2D eigenvalue weighted by Gasteiger charge is -2.29. The Labute approximate surface area is 219 Å². The second-order valence-electron chi connectivity index (χ2n) is 9.82. The Bertz CT molecular complexity index is 1990. The van der Waals surface area contributed by atoms with Crippen LogP contribution < -0.4 is 10.2 Å². The lowest BCUT2D eigenvalue weighted by molar-refractivity contribution is 0.0726. The van der Waals surface area contributed by atoms with Gasteiger partial charge in [0, 0.05) is 40.1 Å². The summed E-state index contributed by atoms with van der Waals surface area (Å²) < 4.78 is 11.5. The highest BCUT2D eigenvalue weighted by Gasteiger charge is 2.36. The minimum absolute atomic E-state index is 0.00114. The molecular weight excluding hydrogens is 508 g/mol. The summed E-state index contributed by atoms with van der Waals surface area (Å²) in [5, 5.41) is 64.5. The Morgan fingerprint density at radius 3 is 2.00 bits per heavy atom. The lowest BCUT2D eigenvalue weighted by atomic mass is 9.86. The molecule has 6 rings (SSSR count). The Kier molecular flexibility index (Phi) is 4.93. The smallest absolute Gasteiger partial charge is 0.190 e. The molecule has 4 aromatic carbocycles. The lowest BCUT2D eigenvalue weighted by Crippen LogP contribution is -2.33. The van der Waals surface area contributed by atoms with Crippen molar-refractivity contribution in [1.82, 2.24) is 0 Å². The van der Waals surface area contributed by atoms with Gasteiger partial charge >= 0.3 is 0 Å². The first-order chi connectivity index (χ1) is 18.4. The maximum absolute atomic E-state index is 13.4. The average molecular weight is 530 g/mol. The van der Waals surface area contributed by atoms with E-state index in [1.165, 1.54) is 18.2 Å². The molecule has 1 aliphatic rings. The van der Waals surface area contributed by atoms with Gasteiger partial charge in [0.2, 0.25) is 0 Å². The molecular formula is C29H22O10. The molecule has 0 aliphatic carbocycles. The molecule has 39 heavy (non-hydrogen) atoms. The summed E-state index contributed by atoms with van der Waals surface area (Å²) in [6, 6.07) is 5.71. The second kappa shape index (κ2) is 7.94. The number of ketones is 1. The quantitative estimate of drug-likeness (QED) is 0.163. The molecule has 1 aliphatic heterocycles. The molecule has 0 amide bonds. The van der Waals surface area contributed by atoms with Gasteiger partial charge in [-0.1, -0.05) is 6.92 Å². The maximum Gasteiger partial charge on any atom is 0.190 e. The van der Waals surface area contributed by atoms with Crippen molar-refractivity contribution in [2.75, 3.05) is 0 Å². The van der Waals surface area contributed by atoms with E-state index >= 15 is 0 Å². The van der Waals surface area contributed by atoms with Crippen LogP contribution in [-0.4, -0.2) is 42.5 Å². The molecule has 10 heteroatoms. The molecule has 6 N–H and O–H groups in total. The topological polar surface area (TPSA) is 178 Å². The van der Waals surface area contributed by atoms with Crippen LogP contribution in [0.4, 0.5) is 0 Å². The molecule has 1 aromatic heterocycles. The number of benzene rings is 4. The number of aromatic hydroxyl groups is 6. The van der Waals surface area contributed by atoms with Crippen molar-refractivity contribution < 1.29 is 44.6 Å². The first-order valence-electron chi connectivity index (χ1n) is 12.0. The summed E-state index contributed by atoms with van der Waals surface area (Å²) in [6.45, 7) is 4.90. The summed E-state index contributed by atoms with van der Waals surface area (Å²) in [5.74, 6) is -3.84. The molecule has 2 atom stereocenters. The third-order valence-corrected chi connectivity index (χ3v) is 7.42. The van der Waals surface area contributed by atoms with Crippen LogP contribution in [0.3, 0.4) is 0 Å². The van der Waals surface area contributed by atoms with Gasteiger partial charge in [-0.05, 0) is 26.0 Å². The summed E-state index contributed by atoms with van der Waals surface area (Å²) in [5.41, 5.74) is -1.28. The van der Waals surface area contributed by atoms with Gasteiger partial charge in [-0.2, -0.15) is 0 Å². The standard InChI is InChI=1S/C29H22O10/c1-9-4-14(30)25-19(38-9)5-12-21(15(31)7-17(33)23(12)28(25)36)22-13-6-20-26(27(35)10(2)11(3)39-20)29(37)24(13)18(34)8-16(22)32/h4-8,10-11,30,32-34,36-37H,1-3H3/t10-,11+/m1/s1. The van der Waals surface area contributed by atoms with Crippen molar-refractivity contribution in [2.45, 2.75) is 26.9 Å². The van der Waals surface area contributed by atoms with Crippen molar-refractivity contribution >= 4 is 38.3 Å². The van der Waals surface area contributed by atoms with E-state index in [0.717, 1.165) is 12.1 Å². The number of carbonyl (C=O) groups is 1. The first-order valence-corrected chi connectivity index (χ1v) is 12.0. The molecule has 0 radical (unpaired) electrons. The van der Waals surface area contributed by atoms with Crippen LogP contribution in [0.25, 0.3) is 43.6 Å². The number of hydrogen-bond acceptors (Lipinski definition) is 10. The predicted molar refractivity (Wildman–Crippen MR) is 141 cm³/mol. The van der Waals surface area contributed by atoms with E-state index in [0.29, 0.717) is 5.76 Å². The Morgan fingerprint density at radius 1 is 0.667 bits per heavy atom. The number of carbonyl (C=O) groups excluding carboxylic acids is 1. The third kappa shape index (κ3) is 3.21. The summed E-state index contributed by atoms with van der Waals surface area (Å²) in [4.78, 5) is 26.4.